The van der Waals surface area contributed by atoms with Gasteiger partial charge in [-0.3, -0.25) is 9.59 Å². The van der Waals surface area contributed by atoms with Crippen LogP contribution in [-0.4, -0.2) is 36.1 Å². The first-order valence-electron chi connectivity index (χ1n) is 7.24. The van der Waals surface area contributed by atoms with E-state index in [1.165, 1.54) is 12.1 Å². The van der Waals surface area contributed by atoms with Crippen molar-refractivity contribution in [2.45, 2.75) is 19.3 Å². The average molecular weight is 314 g/mol. The van der Waals surface area contributed by atoms with E-state index in [0.717, 1.165) is 0 Å². The third-order valence-electron chi connectivity index (χ3n) is 4.12. The fourth-order valence-corrected chi connectivity index (χ4v) is 2.75. The Bertz CT molecular complexity index is 680. The molecule has 2 aliphatic heterocycles. The molecule has 1 saturated heterocycles. The summed E-state index contributed by atoms with van der Waals surface area (Å²) in [5.41, 5.74) is -0.466. The fourth-order valence-electron chi connectivity index (χ4n) is 2.75. The van der Waals surface area contributed by atoms with Gasteiger partial charge in [0.2, 0.25) is 0 Å². The van der Waals surface area contributed by atoms with Crippen molar-refractivity contribution in [3.05, 3.63) is 35.4 Å². The monoisotopic (exact) mass is 314 g/mol. The van der Waals surface area contributed by atoms with E-state index in [4.69, 9.17) is 9.57 Å². The molecule has 0 bridgehead atoms. The maximum Gasteiger partial charge on any atom is 0.334 e. The van der Waals surface area contributed by atoms with Crippen LogP contribution >= 0.6 is 0 Å². The average Bonchev–Trinajstić information content (AvgIpc) is 2.81. The number of hydrogen-bond acceptors (Lipinski definition) is 6. The minimum absolute atomic E-state index is 0.180. The molecular weight excluding hydrogens is 300 g/mol. The Morgan fingerprint density at radius 3 is 2.30 bits per heavy atom. The van der Waals surface area contributed by atoms with Crippen molar-refractivity contribution in [1.82, 2.24) is 5.06 Å². The molecule has 0 unspecified atom stereocenters. The van der Waals surface area contributed by atoms with E-state index in [1.54, 1.807) is 12.1 Å². The lowest BCUT2D eigenvalue weighted by atomic mass is 9.79. The second-order valence-electron chi connectivity index (χ2n) is 5.59. The van der Waals surface area contributed by atoms with Crippen LogP contribution in [0, 0.1) is 16.7 Å². The molecule has 7 nitrogen and oxygen atoms in total. The predicted octanol–water partition coefficient (Wildman–Crippen LogP) is 1.45. The van der Waals surface area contributed by atoms with E-state index < -0.39 is 23.2 Å². The number of carbonyl (C=O) groups excluding carboxylic acids is 3. The molecule has 0 saturated carbocycles. The Balaban J connectivity index is 1.71. The van der Waals surface area contributed by atoms with Crippen molar-refractivity contribution in [2.75, 3.05) is 13.2 Å². The summed E-state index contributed by atoms with van der Waals surface area (Å²) < 4.78 is 5.20. The molecule has 0 spiro atoms. The summed E-state index contributed by atoms with van der Waals surface area (Å²) in [5, 5.41) is 9.81. The summed E-state index contributed by atoms with van der Waals surface area (Å²) in [4.78, 5) is 41.3. The summed E-state index contributed by atoms with van der Waals surface area (Å²) >= 11 is 0. The highest BCUT2D eigenvalue weighted by atomic mass is 16.7. The smallest absolute Gasteiger partial charge is 0.334 e. The van der Waals surface area contributed by atoms with Gasteiger partial charge in [-0.15, -0.1) is 0 Å². The highest BCUT2D eigenvalue weighted by molar-refractivity contribution is 6.20. The number of fused-ring (bicyclic) bond motifs is 1. The van der Waals surface area contributed by atoms with Crippen LogP contribution in [0.3, 0.4) is 0 Å². The van der Waals surface area contributed by atoms with E-state index in [-0.39, 0.29) is 17.5 Å². The lowest BCUT2D eigenvalue weighted by molar-refractivity contribution is -0.171. The zero-order valence-electron chi connectivity index (χ0n) is 12.3. The van der Waals surface area contributed by atoms with Crippen LogP contribution in [0.2, 0.25) is 0 Å². The van der Waals surface area contributed by atoms with Gasteiger partial charge >= 0.3 is 5.97 Å². The van der Waals surface area contributed by atoms with E-state index in [9.17, 15) is 19.6 Å². The van der Waals surface area contributed by atoms with Crippen LogP contribution in [0.15, 0.2) is 24.3 Å². The number of hydrogen-bond donors (Lipinski definition) is 0. The van der Waals surface area contributed by atoms with Gasteiger partial charge in [-0.1, -0.05) is 17.2 Å². The molecule has 7 heteroatoms. The standard InChI is InChI=1S/C16H14N2O5/c17-10-16(5-7-22-8-6-16)9-13(19)23-18-14(20)11-3-1-2-4-12(11)15(18)21/h1-4H,5-9H2. The zero-order valence-corrected chi connectivity index (χ0v) is 12.3. The first kappa shape index (κ1) is 15.2. The number of imide groups is 1. The Kier molecular flexibility index (Phi) is 3.84. The van der Waals surface area contributed by atoms with E-state index in [0.29, 0.717) is 31.1 Å². The van der Waals surface area contributed by atoms with Gasteiger partial charge in [0.05, 0.1) is 29.0 Å². The van der Waals surface area contributed by atoms with Crippen molar-refractivity contribution in [3.8, 4) is 6.07 Å². The van der Waals surface area contributed by atoms with Crippen LogP contribution in [0.5, 0.6) is 0 Å². The van der Waals surface area contributed by atoms with Gasteiger partial charge in [-0.25, -0.2) is 4.79 Å². The predicted molar refractivity (Wildman–Crippen MR) is 75.8 cm³/mol. The number of nitrogens with zero attached hydrogens (tertiary/aromatic N) is 2. The van der Waals surface area contributed by atoms with Crippen molar-refractivity contribution >= 4 is 17.8 Å². The van der Waals surface area contributed by atoms with Crippen molar-refractivity contribution < 1.29 is 24.0 Å². The van der Waals surface area contributed by atoms with Crippen molar-refractivity contribution in [1.29, 1.82) is 5.26 Å². The van der Waals surface area contributed by atoms with Crippen molar-refractivity contribution in [2.24, 2.45) is 5.41 Å². The number of ether oxygens (including phenoxy) is 1. The topological polar surface area (TPSA) is 96.7 Å². The van der Waals surface area contributed by atoms with Gasteiger partial charge in [0.15, 0.2) is 0 Å². The third kappa shape index (κ3) is 2.69. The number of nitriles is 1. The van der Waals surface area contributed by atoms with Crippen LogP contribution < -0.4 is 0 Å². The lowest BCUT2D eigenvalue weighted by Crippen LogP contribution is -2.36. The van der Waals surface area contributed by atoms with Crippen LogP contribution in [0.25, 0.3) is 0 Å². The number of benzene rings is 1. The Labute approximate surface area is 132 Å². The molecular formula is C16H14N2O5. The minimum Gasteiger partial charge on any atom is -0.381 e. The van der Waals surface area contributed by atoms with Crippen molar-refractivity contribution in [3.63, 3.8) is 0 Å². The molecule has 1 aromatic rings. The molecule has 23 heavy (non-hydrogen) atoms. The highest BCUT2D eigenvalue weighted by Crippen LogP contribution is 2.34. The van der Waals surface area contributed by atoms with E-state index in [2.05, 4.69) is 6.07 Å². The maximum absolute atomic E-state index is 12.1. The molecule has 3 rings (SSSR count). The largest absolute Gasteiger partial charge is 0.381 e. The summed E-state index contributed by atoms with van der Waals surface area (Å²) in [6.07, 6.45) is 0.654. The molecule has 2 heterocycles. The summed E-state index contributed by atoms with van der Waals surface area (Å²) in [7, 11) is 0. The number of rotatable bonds is 3. The first-order chi connectivity index (χ1) is 11.1. The van der Waals surface area contributed by atoms with E-state index >= 15 is 0 Å². The second kappa shape index (κ2) is 5.82. The molecule has 0 atom stereocenters. The van der Waals surface area contributed by atoms with Gasteiger partial charge < -0.3 is 9.57 Å². The number of carbonyl (C=O) groups is 3. The molecule has 1 fully saturated rings. The van der Waals surface area contributed by atoms with Gasteiger partial charge in [0.1, 0.15) is 0 Å². The molecule has 0 N–H and O–H groups in total. The van der Waals surface area contributed by atoms with Gasteiger partial charge in [0.25, 0.3) is 11.8 Å². The van der Waals surface area contributed by atoms with E-state index in [1.807, 2.05) is 0 Å². The molecule has 1 aromatic carbocycles. The summed E-state index contributed by atoms with van der Waals surface area (Å²) in [6, 6.07) is 8.39. The lowest BCUT2D eigenvalue weighted by Gasteiger charge is -2.29. The number of amides is 2. The Hall–Kier alpha value is -2.72. The molecule has 2 aliphatic rings. The van der Waals surface area contributed by atoms with Crippen LogP contribution in [0.1, 0.15) is 40.0 Å². The SMILES string of the molecule is N#CC1(CC(=O)ON2C(=O)c3ccccc3C2=O)CCOCC1. The fraction of sp³-hybridized carbons (Fsp3) is 0.375. The molecule has 0 aliphatic carbocycles. The van der Waals surface area contributed by atoms with Gasteiger partial charge in [-0.05, 0) is 25.0 Å². The highest BCUT2D eigenvalue weighted by Gasteiger charge is 2.41. The molecule has 0 radical (unpaired) electrons. The molecule has 0 aromatic heterocycles. The Morgan fingerprint density at radius 1 is 1.22 bits per heavy atom. The van der Waals surface area contributed by atoms with Gasteiger partial charge in [0, 0.05) is 13.2 Å². The maximum atomic E-state index is 12.1. The van der Waals surface area contributed by atoms with Gasteiger partial charge in [-0.2, -0.15) is 5.26 Å². The quantitative estimate of drug-likeness (QED) is 0.783. The Morgan fingerprint density at radius 2 is 1.78 bits per heavy atom. The molecule has 118 valence electrons. The minimum atomic E-state index is -0.867. The zero-order chi connectivity index (χ0) is 16.4. The van der Waals surface area contributed by atoms with Crippen LogP contribution in [-0.2, 0) is 14.4 Å². The second-order valence-corrected chi connectivity index (χ2v) is 5.59. The third-order valence-corrected chi connectivity index (χ3v) is 4.12. The van der Waals surface area contributed by atoms with Crippen LogP contribution in [0.4, 0.5) is 0 Å². The normalized spacial score (nSPS) is 19.2. The summed E-state index contributed by atoms with van der Waals surface area (Å²) in [6.45, 7) is 0.793. The number of hydroxylamine groups is 2. The summed E-state index contributed by atoms with van der Waals surface area (Å²) in [5.74, 6) is -2.11. The first-order valence-corrected chi connectivity index (χ1v) is 7.24. The molecule has 2 amide bonds.